The highest BCUT2D eigenvalue weighted by Gasteiger charge is 2.46. The van der Waals surface area contributed by atoms with Crippen LogP contribution in [0, 0.1) is 13.8 Å². The molecule has 1 amide bonds. The Balaban J connectivity index is 1.34. The Hall–Kier alpha value is -3.26. The zero-order chi connectivity index (χ0) is 21.6. The number of rotatable bonds is 4. The standard InChI is InChI=1S/C23H26N6O2/c1-15-16(2)25-20(22(30)29-13-23(31,14-29)18-6-4-3-5-7-18)26-21(15)28-11-9-17(12-28)19-8-10-24-27-19/h3-8,10,17,31H,9,11-14H2,1-2H3,(H,24,27)/t17-/m0/s1. The van der Waals surface area contributed by atoms with Gasteiger partial charge in [0.05, 0.1) is 13.1 Å². The summed E-state index contributed by atoms with van der Waals surface area (Å²) in [6.45, 7) is 6.09. The van der Waals surface area contributed by atoms with E-state index >= 15 is 0 Å². The first-order chi connectivity index (χ1) is 14.9. The number of H-pyrrole nitrogens is 1. The summed E-state index contributed by atoms with van der Waals surface area (Å²) in [5, 5.41) is 18.0. The van der Waals surface area contributed by atoms with Gasteiger partial charge in [0.25, 0.3) is 5.91 Å². The molecule has 2 saturated heterocycles. The molecule has 2 aliphatic heterocycles. The lowest BCUT2D eigenvalue weighted by Gasteiger charge is -2.46. The SMILES string of the molecule is Cc1nc(C(=O)N2CC(O)(c3ccccc3)C2)nc(N2CC[C@H](c3ccn[nH]3)C2)c1C. The monoisotopic (exact) mass is 418 g/mol. The van der Waals surface area contributed by atoms with E-state index in [1.54, 1.807) is 11.1 Å². The Labute approximate surface area is 180 Å². The second-order valence-corrected chi connectivity index (χ2v) is 8.58. The summed E-state index contributed by atoms with van der Waals surface area (Å²) >= 11 is 0. The number of β-amino-alcohol motifs (C(OH)–C–C–N with tert-alkyl or cyclic N) is 1. The minimum atomic E-state index is -1.01. The molecule has 3 aromatic rings. The van der Waals surface area contributed by atoms with E-state index in [2.05, 4.69) is 25.1 Å². The van der Waals surface area contributed by atoms with Crippen molar-refractivity contribution in [1.29, 1.82) is 0 Å². The molecule has 2 fully saturated rings. The number of likely N-dealkylation sites (tertiary alicyclic amines) is 1. The Morgan fingerprint density at radius 3 is 2.65 bits per heavy atom. The van der Waals surface area contributed by atoms with Crippen LogP contribution in [-0.4, -0.2) is 62.3 Å². The average Bonchev–Trinajstić information content (AvgIpc) is 3.45. The number of carbonyl (C=O) groups is 1. The van der Waals surface area contributed by atoms with E-state index in [-0.39, 0.29) is 24.8 Å². The molecule has 5 rings (SSSR count). The normalized spacial score (nSPS) is 20.0. The summed E-state index contributed by atoms with van der Waals surface area (Å²) in [5.74, 6) is 1.14. The van der Waals surface area contributed by atoms with Crippen LogP contribution in [0.5, 0.6) is 0 Å². The zero-order valence-electron chi connectivity index (χ0n) is 17.7. The van der Waals surface area contributed by atoms with Gasteiger partial charge in [-0.2, -0.15) is 5.10 Å². The van der Waals surface area contributed by atoms with Crippen LogP contribution in [0.15, 0.2) is 42.6 Å². The number of nitrogens with one attached hydrogen (secondary N) is 1. The smallest absolute Gasteiger partial charge is 0.291 e. The Bertz CT molecular complexity index is 1090. The van der Waals surface area contributed by atoms with Crippen molar-refractivity contribution in [3.63, 3.8) is 0 Å². The number of aromatic amines is 1. The van der Waals surface area contributed by atoms with Crippen molar-refractivity contribution in [3.8, 4) is 0 Å². The number of amides is 1. The topological polar surface area (TPSA) is 98.2 Å². The summed E-state index contributed by atoms with van der Waals surface area (Å²) < 4.78 is 0. The van der Waals surface area contributed by atoms with Gasteiger partial charge >= 0.3 is 0 Å². The third-order valence-electron chi connectivity index (χ3n) is 6.51. The molecule has 0 radical (unpaired) electrons. The summed E-state index contributed by atoms with van der Waals surface area (Å²) in [4.78, 5) is 26.1. The van der Waals surface area contributed by atoms with E-state index in [0.29, 0.717) is 5.92 Å². The molecule has 2 N–H and O–H groups in total. The molecule has 0 bridgehead atoms. The van der Waals surface area contributed by atoms with Gasteiger partial charge < -0.3 is 14.9 Å². The van der Waals surface area contributed by atoms with Crippen molar-refractivity contribution in [2.45, 2.75) is 31.8 Å². The third-order valence-corrected chi connectivity index (χ3v) is 6.51. The molecule has 2 aliphatic rings. The van der Waals surface area contributed by atoms with E-state index in [0.717, 1.165) is 47.8 Å². The van der Waals surface area contributed by atoms with Crippen LogP contribution in [0.2, 0.25) is 0 Å². The van der Waals surface area contributed by atoms with Crippen molar-refractivity contribution < 1.29 is 9.90 Å². The van der Waals surface area contributed by atoms with Crippen LogP contribution in [-0.2, 0) is 5.60 Å². The molecule has 8 heteroatoms. The maximum Gasteiger partial charge on any atom is 0.291 e. The molecule has 0 aliphatic carbocycles. The van der Waals surface area contributed by atoms with Crippen LogP contribution in [0.4, 0.5) is 5.82 Å². The minimum absolute atomic E-state index is 0.193. The molecule has 0 spiro atoms. The van der Waals surface area contributed by atoms with E-state index in [1.165, 1.54) is 0 Å². The number of benzene rings is 1. The van der Waals surface area contributed by atoms with Crippen LogP contribution in [0.25, 0.3) is 0 Å². The van der Waals surface area contributed by atoms with E-state index in [4.69, 9.17) is 0 Å². The molecule has 1 atom stereocenters. The van der Waals surface area contributed by atoms with Crippen molar-refractivity contribution in [3.05, 3.63) is 70.9 Å². The van der Waals surface area contributed by atoms with Gasteiger partial charge in [-0.05, 0) is 31.9 Å². The van der Waals surface area contributed by atoms with Gasteiger partial charge in [0.15, 0.2) is 0 Å². The zero-order valence-corrected chi connectivity index (χ0v) is 17.7. The third kappa shape index (κ3) is 3.46. The van der Waals surface area contributed by atoms with E-state index in [1.807, 2.05) is 50.2 Å². The van der Waals surface area contributed by atoms with Gasteiger partial charge in [0.2, 0.25) is 5.82 Å². The van der Waals surface area contributed by atoms with Gasteiger partial charge in [-0.1, -0.05) is 30.3 Å². The molecular weight excluding hydrogens is 392 g/mol. The quantitative estimate of drug-likeness (QED) is 0.674. The minimum Gasteiger partial charge on any atom is -0.381 e. The summed E-state index contributed by atoms with van der Waals surface area (Å²) in [6.07, 6.45) is 2.78. The molecule has 8 nitrogen and oxygen atoms in total. The first-order valence-corrected chi connectivity index (χ1v) is 10.6. The lowest BCUT2D eigenvalue weighted by atomic mass is 9.86. The molecular formula is C23H26N6O2. The molecule has 2 aromatic heterocycles. The molecule has 31 heavy (non-hydrogen) atoms. The van der Waals surface area contributed by atoms with Crippen molar-refractivity contribution in [2.24, 2.45) is 0 Å². The van der Waals surface area contributed by atoms with E-state index < -0.39 is 5.60 Å². The number of nitrogens with zero attached hydrogens (tertiary/aromatic N) is 5. The Kier molecular flexibility index (Phi) is 4.74. The van der Waals surface area contributed by atoms with Crippen molar-refractivity contribution >= 4 is 11.7 Å². The van der Waals surface area contributed by atoms with Crippen LogP contribution in [0.3, 0.4) is 0 Å². The fourth-order valence-corrected chi connectivity index (χ4v) is 4.52. The number of aliphatic hydroxyl groups is 1. The van der Waals surface area contributed by atoms with Gasteiger partial charge in [-0.15, -0.1) is 0 Å². The van der Waals surface area contributed by atoms with Gasteiger partial charge in [0.1, 0.15) is 11.4 Å². The Morgan fingerprint density at radius 1 is 1.16 bits per heavy atom. The van der Waals surface area contributed by atoms with Gasteiger partial charge in [0, 0.05) is 42.2 Å². The maximum absolute atomic E-state index is 13.1. The Morgan fingerprint density at radius 2 is 1.94 bits per heavy atom. The number of carbonyl (C=O) groups excluding carboxylic acids is 1. The number of aryl methyl sites for hydroxylation is 1. The largest absolute Gasteiger partial charge is 0.381 e. The summed E-state index contributed by atoms with van der Waals surface area (Å²) in [6, 6.07) is 11.5. The van der Waals surface area contributed by atoms with E-state index in [9.17, 15) is 9.90 Å². The van der Waals surface area contributed by atoms with Gasteiger partial charge in [-0.25, -0.2) is 9.97 Å². The number of hydrogen-bond donors (Lipinski definition) is 2. The molecule has 0 saturated carbocycles. The number of anilines is 1. The van der Waals surface area contributed by atoms with Crippen molar-refractivity contribution in [1.82, 2.24) is 25.1 Å². The second-order valence-electron chi connectivity index (χ2n) is 8.58. The second kappa shape index (κ2) is 7.46. The highest BCUT2D eigenvalue weighted by Crippen LogP contribution is 2.34. The van der Waals surface area contributed by atoms with Gasteiger partial charge in [-0.3, -0.25) is 9.89 Å². The fraction of sp³-hybridized carbons (Fsp3) is 0.391. The highest BCUT2D eigenvalue weighted by atomic mass is 16.3. The lowest BCUT2D eigenvalue weighted by Crippen LogP contribution is -2.61. The van der Waals surface area contributed by atoms with Crippen molar-refractivity contribution in [2.75, 3.05) is 31.1 Å². The molecule has 0 unspecified atom stereocenters. The predicted octanol–water partition coefficient (Wildman–Crippen LogP) is 2.15. The summed E-state index contributed by atoms with van der Waals surface area (Å²) in [7, 11) is 0. The number of hydrogen-bond acceptors (Lipinski definition) is 6. The maximum atomic E-state index is 13.1. The average molecular weight is 419 g/mol. The first kappa shape index (κ1) is 19.7. The predicted molar refractivity (Wildman–Crippen MR) is 116 cm³/mol. The van der Waals surface area contributed by atoms with Crippen LogP contribution >= 0.6 is 0 Å². The first-order valence-electron chi connectivity index (χ1n) is 10.6. The molecule has 160 valence electrons. The van der Waals surface area contributed by atoms with Crippen LogP contribution in [0.1, 0.15) is 45.5 Å². The molecule has 4 heterocycles. The van der Waals surface area contributed by atoms with Crippen LogP contribution < -0.4 is 4.90 Å². The lowest BCUT2D eigenvalue weighted by molar-refractivity contribution is -0.0867. The highest BCUT2D eigenvalue weighted by molar-refractivity contribution is 5.92. The number of aromatic nitrogens is 4. The fourth-order valence-electron chi connectivity index (χ4n) is 4.52. The molecule has 1 aromatic carbocycles. The summed E-state index contributed by atoms with van der Waals surface area (Å²) in [5.41, 5.74) is 2.74.